The highest BCUT2D eigenvalue weighted by Gasteiger charge is 2.45. The zero-order valence-electron chi connectivity index (χ0n) is 12.2. The maximum absolute atomic E-state index is 12.8. The number of carbonyl (C=O) groups is 2. The standard InChI is InChI=1S/C15H21N3O2S/c1-17-13(19)7-11(14(17)12-3-2-6-21-12)15(20)18-5-4-10(8-16)9-18/h2-3,6,10-11,14H,4-5,7-9,16H2,1H3/t10-,11-,14+/m0/s1. The first-order valence-corrected chi connectivity index (χ1v) is 8.27. The van der Waals surface area contributed by atoms with Gasteiger partial charge in [0.2, 0.25) is 11.8 Å². The van der Waals surface area contributed by atoms with Crippen LogP contribution in [-0.2, 0) is 9.59 Å². The van der Waals surface area contributed by atoms with Gasteiger partial charge in [0.1, 0.15) is 0 Å². The van der Waals surface area contributed by atoms with Crippen molar-refractivity contribution in [2.24, 2.45) is 17.6 Å². The summed E-state index contributed by atoms with van der Waals surface area (Å²) in [7, 11) is 1.80. The Kier molecular flexibility index (Phi) is 3.99. The molecule has 2 saturated heterocycles. The molecule has 0 radical (unpaired) electrons. The predicted molar refractivity (Wildman–Crippen MR) is 81.7 cm³/mol. The molecule has 6 heteroatoms. The Hall–Kier alpha value is -1.40. The molecule has 1 aromatic heterocycles. The van der Waals surface area contributed by atoms with Crippen molar-refractivity contribution in [3.8, 4) is 0 Å². The molecule has 1 aromatic rings. The molecule has 3 heterocycles. The van der Waals surface area contributed by atoms with Gasteiger partial charge in [0, 0.05) is 31.4 Å². The molecule has 0 unspecified atom stereocenters. The molecule has 114 valence electrons. The van der Waals surface area contributed by atoms with Gasteiger partial charge in [-0.2, -0.15) is 0 Å². The van der Waals surface area contributed by atoms with Gasteiger partial charge in [0.15, 0.2) is 0 Å². The van der Waals surface area contributed by atoms with Crippen LogP contribution in [0.15, 0.2) is 17.5 Å². The average molecular weight is 307 g/mol. The first kappa shape index (κ1) is 14.5. The van der Waals surface area contributed by atoms with Crippen LogP contribution >= 0.6 is 11.3 Å². The summed E-state index contributed by atoms with van der Waals surface area (Å²) in [5, 5.41) is 1.99. The summed E-state index contributed by atoms with van der Waals surface area (Å²) < 4.78 is 0. The van der Waals surface area contributed by atoms with E-state index < -0.39 is 0 Å². The number of thiophene rings is 1. The topological polar surface area (TPSA) is 66.6 Å². The van der Waals surface area contributed by atoms with Crippen LogP contribution in [0.2, 0.25) is 0 Å². The third-order valence-electron chi connectivity index (χ3n) is 4.67. The zero-order valence-corrected chi connectivity index (χ0v) is 13.0. The minimum absolute atomic E-state index is 0.0568. The summed E-state index contributed by atoms with van der Waals surface area (Å²) in [6.45, 7) is 2.13. The van der Waals surface area contributed by atoms with Gasteiger partial charge in [-0.15, -0.1) is 11.3 Å². The Bertz CT molecular complexity index is 531. The Balaban J connectivity index is 1.80. The Morgan fingerprint density at radius 3 is 2.95 bits per heavy atom. The van der Waals surface area contributed by atoms with Crippen molar-refractivity contribution >= 4 is 23.2 Å². The molecule has 2 aliphatic heterocycles. The lowest BCUT2D eigenvalue weighted by atomic mass is 9.97. The van der Waals surface area contributed by atoms with Gasteiger partial charge in [-0.05, 0) is 30.3 Å². The summed E-state index contributed by atoms with van der Waals surface area (Å²) in [5.74, 6) is 0.324. The highest BCUT2D eigenvalue weighted by atomic mass is 32.1. The van der Waals surface area contributed by atoms with Gasteiger partial charge in [-0.1, -0.05) is 6.07 Å². The molecule has 3 atom stereocenters. The third-order valence-corrected chi connectivity index (χ3v) is 5.61. The maximum Gasteiger partial charge on any atom is 0.228 e. The fraction of sp³-hybridized carbons (Fsp3) is 0.600. The van der Waals surface area contributed by atoms with Gasteiger partial charge in [0.05, 0.1) is 12.0 Å². The Morgan fingerprint density at radius 1 is 1.52 bits per heavy atom. The number of hydrogen-bond acceptors (Lipinski definition) is 4. The molecular weight excluding hydrogens is 286 g/mol. The van der Waals surface area contributed by atoms with Crippen LogP contribution in [0.5, 0.6) is 0 Å². The summed E-state index contributed by atoms with van der Waals surface area (Å²) in [6, 6.07) is 3.87. The maximum atomic E-state index is 12.8. The van der Waals surface area contributed by atoms with Crippen molar-refractivity contribution in [2.75, 3.05) is 26.7 Å². The second-order valence-corrected chi connectivity index (χ2v) is 6.93. The molecule has 3 rings (SSSR count). The molecule has 0 aliphatic carbocycles. The second-order valence-electron chi connectivity index (χ2n) is 5.95. The van der Waals surface area contributed by atoms with Gasteiger partial charge in [-0.25, -0.2) is 0 Å². The van der Waals surface area contributed by atoms with Crippen molar-refractivity contribution in [2.45, 2.75) is 18.9 Å². The SMILES string of the molecule is CN1C(=O)C[C@H](C(=O)N2CC[C@@H](CN)C2)[C@@H]1c1cccs1. The number of nitrogens with zero attached hydrogens (tertiary/aromatic N) is 2. The molecule has 2 aliphatic rings. The summed E-state index contributed by atoms with van der Waals surface area (Å²) >= 11 is 1.61. The lowest BCUT2D eigenvalue weighted by molar-refractivity contribution is -0.135. The minimum atomic E-state index is -0.252. The number of carbonyl (C=O) groups excluding carboxylic acids is 2. The molecule has 5 nitrogen and oxygen atoms in total. The molecule has 0 spiro atoms. The van der Waals surface area contributed by atoms with Crippen LogP contribution in [0, 0.1) is 11.8 Å². The minimum Gasteiger partial charge on any atom is -0.342 e. The van der Waals surface area contributed by atoms with Gasteiger partial charge >= 0.3 is 0 Å². The van der Waals surface area contributed by atoms with Crippen molar-refractivity contribution in [3.63, 3.8) is 0 Å². The molecule has 2 amide bonds. The van der Waals surface area contributed by atoms with E-state index in [9.17, 15) is 9.59 Å². The van der Waals surface area contributed by atoms with Gasteiger partial charge in [-0.3, -0.25) is 9.59 Å². The smallest absolute Gasteiger partial charge is 0.228 e. The monoisotopic (exact) mass is 307 g/mol. The van der Waals surface area contributed by atoms with Crippen LogP contribution in [0.3, 0.4) is 0 Å². The molecule has 0 saturated carbocycles. The zero-order chi connectivity index (χ0) is 15.0. The van der Waals surface area contributed by atoms with Crippen LogP contribution in [-0.4, -0.2) is 48.3 Å². The molecule has 2 fully saturated rings. The van der Waals surface area contributed by atoms with Crippen LogP contribution in [0.4, 0.5) is 0 Å². The quantitative estimate of drug-likeness (QED) is 0.908. The number of likely N-dealkylation sites (tertiary alicyclic amines) is 2. The fourth-order valence-corrected chi connectivity index (χ4v) is 4.33. The Morgan fingerprint density at radius 2 is 2.33 bits per heavy atom. The summed E-state index contributed by atoms with van der Waals surface area (Å²) in [6.07, 6.45) is 1.30. The van der Waals surface area contributed by atoms with E-state index in [-0.39, 0.29) is 23.8 Å². The third kappa shape index (κ3) is 2.58. The number of nitrogens with two attached hydrogens (primary N) is 1. The highest BCUT2D eigenvalue weighted by molar-refractivity contribution is 7.10. The first-order valence-electron chi connectivity index (χ1n) is 7.39. The lowest BCUT2D eigenvalue weighted by Crippen LogP contribution is -2.37. The largest absolute Gasteiger partial charge is 0.342 e. The van der Waals surface area contributed by atoms with Crippen molar-refractivity contribution < 1.29 is 9.59 Å². The summed E-state index contributed by atoms with van der Waals surface area (Å²) in [5.41, 5.74) is 5.70. The lowest BCUT2D eigenvalue weighted by Gasteiger charge is -2.26. The molecule has 0 aromatic carbocycles. The van der Waals surface area contributed by atoms with Crippen molar-refractivity contribution in [3.05, 3.63) is 22.4 Å². The van der Waals surface area contributed by atoms with E-state index >= 15 is 0 Å². The molecular formula is C15H21N3O2S. The number of rotatable bonds is 3. The second kappa shape index (κ2) is 5.77. The molecule has 21 heavy (non-hydrogen) atoms. The van der Waals surface area contributed by atoms with E-state index in [1.165, 1.54) is 0 Å². The first-order chi connectivity index (χ1) is 10.1. The van der Waals surface area contributed by atoms with E-state index in [2.05, 4.69) is 0 Å². The van der Waals surface area contributed by atoms with Crippen molar-refractivity contribution in [1.82, 2.24) is 9.80 Å². The van der Waals surface area contributed by atoms with E-state index in [0.717, 1.165) is 24.4 Å². The van der Waals surface area contributed by atoms with Gasteiger partial charge < -0.3 is 15.5 Å². The van der Waals surface area contributed by atoms with E-state index in [1.54, 1.807) is 23.3 Å². The van der Waals surface area contributed by atoms with E-state index in [0.29, 0.717) is 18.9 Å². The van der Waals surface area contributed by atoms with Crippen LogP contribution in [0.25, 0.3) is 0 Å². The van der Waals surface area contributed by atoms with Crippen LogP contribution < -0.4 is 5.73 Å². The summed E-state index contributed by atoms with van der Waals surface area (Å²) in [4.78, 5) is 29.6. The Labute approximate surface area is 128 Å². The number of amides is 2. The normalized spacial score (nSPS) is 29.4. The molecule has 0 bridgehead atoms. The van der Waals surface area contributed by atoms with Crippen LogP contribution in [0.1, 0.15) is 23.8 Å². The van der Waals surface area contributed by atoms with Gasteiger partial charge in [0.25, 0.3) is 0 Å². The highest BCUT2D eigenvalue weighted by Crippen LogP contribution is 2.40. The van der Waals surface area contributed by atoms with E-state index in [1.807, 2.05) is 22.4 Å². The fourth-order valence-electron chi connectivity index (χ4n) is 3.40. The predicted octanol–water partition coefficient (Wildman–Crippen LogP) is 1.07. The van der Waals surface area contributed by atoms with E-state index in [4.69, 9.17) is 5.73 Å². The average Bonchev–Trinajstić information content (AvgIpc) is 3.19. The number of hydrogen-bond donors (Lipinski definition) is 1. The molecule has 2 N–H and O–H groups in total. The van der Waals surface area contributed by atoms with Crippen molar-refractivity contribution in [1.29, 1.82) is 0 Å².